The van der Waals surface area contributed by atoms with Gasteiger partial charge in [-0.15, -0.1) is 0 Å². The number of rotatable bonds is 16. The van der Waals surface area contributed by atoms with Gasteiger partial charge >= 0.3 is 0 Å². The van der Waals surface area contributed by atoms with E-state index in [1.807, 2.05) is 22.3 Å². The van der Waals surface area contributed by atoms with E-state index in [9.17, 15) is 0 Å². The molecule has 368 valence electrons. The van der Waals surface area contributed by atoms with E-state index in [2.05, 4.69) is 24.3 Å². The van der Waals surface area contributed by atoms with E-state index >= 15 is 0 Å². The molecule has 2 aromatic carbocycles. The highest BCUT2D eigenvalue weighted by Gasteiger charge is 2.37. The summed E-state index contributed by atoms with van der Waals surface area (Å²) in [6, 6.07) is 12.0. The van der Waals surface area contributed by atoms with Crippen LogP contribution in [0.15, 0.2) is 24.3 Å². The van der Waals surface area contributed by atoms with Crippen LogP contribution >= 0.6 is 31.7 Å². The molecule has 0 heterocycles. The lowest BCUT2D eigenvalue weighted by molar-refractivity contribution is 0.483. The van der Waals surface area contributed by atoms with Crippen LogP contribution in [0.3, 0.4) is 0 Å². The first-order chi connectivity index (χ1) is 32.7. The van der Waals surface area contributed by atoms with Crippen LogP contribution in [0.4, 0.5) is 0 Å². The predicted molar refractivity (Wildman–Crippen MR) is 301 cm³/mol. The molecule has 8 fully saturated rings. The molecule has 2 aromatic rings. The van der Waals surface area contributed by atoms with Crippen LogP contribution in [0.1, 0.15) is 279 Å². The number of benzene rings is 2. The van der Waals surface area contributed by atoms with E-state index in [-0.39, 0.29) is 31.7 Å². The first-order valence-corrected chi connectivity index (χ1v) is 37.0. The summed E-state index contributed by atoms with van der Waals surface area (Å²) >= 11 is 0. The van der Waals surface area contributed by atoms with Crippen LogP contribution in [0.25, 0.3) is 10.8 Å². The highest BCUT2D eigenvalue weighted by atomic mass is 31.1. The van der Waals surface area contributed by atoms with Crippen LogP contribution < -0.4 is 0 Å². The largest absolute Gasteiger partial charge is 0.0958 e. The van der Waals surface area contributed by atoms with Crippen LogP contribution in [0, 0.1) is 0 Å². The van der Waals surface area contributed by atoms with Crippen molar-refractivity contribution in [3.63, 3.8) is 0 Å². The molecule has 0 amide bonds. The molecule has 66 heavy (non-hydrogen) atoms. The van der Waals surface area contributed by atoms with Crippen LogP contribution in [-0.4, -0.2) is 45.3 Å². The van der Waals surface area contributed by atoms with Gasteiger partial charge in [0.1, 0.15) is 0 Å². The monoisotopic (exact) mass is 969 g/mol. The van der Waals surface area contributed by atoms with Gasteiger partial charge in [0.25, 0.3) is 0 Å². The van der Waals surface area contributed by atoms with E-state index in [0.29, 0.717) is 0 Å². The Kier molecular flexibility index (Phi) is 19.6. The minimum absolute atomic E-state index is 0.0418. The third-order valence-electron chi connectivity index (χ3n) is 20.2. The summed E-state index contributed by atoms with van der Waals surface area (Å²) in [5, 5.41) is 3.41. The molecule has 4 heteroatoms. The summed E-state index contributed by atoms with van der Waals surface area (Å²) in [6.45, 7) is 0. The molecule has 10 rings (SSSR count). The number of hydrogen-bond donors (Lipinski definition) is 0. The Hall–Kier alpha value is 0.420. The fraction of sp³-hybridized carbons (Fsp3) is 0.839. The third-order valence-corrected chi connectivity index (χ3v) is 34.7. The molecular formula is C62H100P4. The predicted octanol–water partition coefficient (Wildman–Crippen LogP) is 21.4. The van der Waals surface area contributed by atoms with Gasteiger partial charge in [0, 0.05) is 0 Å². The van der Waals surface area contributed by atoms with Gasteiger partial charge in [-0.1, -0.05) is 210 Å². The Morgan fingerprint density at radius 2 is 0.348 bits per heavy atom. The zero-order valence-electron chi connectivity index (χ0n) is 42.8. The van der Waals surface area contributed by atoms with Crippen molar-refractivity contribution in [3.8, 4) is 0 Å². The van der Waals surface area contributed by atoms with Gasteiger partial charge in [0.05, 0.1) is 0 Å². The molecule has 8 aliphatic carbocycles. The van der Waals surface area contributed by atoms with Gasteiger partial charge in [-0.25, -0.2) is 0 Å². The van der Waals surface area contributed by atoms with E-state index in [1.54, 1.807) is 114 Å². The summed E-state index contributed by atoms with van der Waals surface area (Å²) in [6.07, 6.45) is 67.4. The normalized spacial score (nSPS) is 25.6. The standard InChI is InChI=1S/C62H100P4/c1-9-25-55(26-10-1)63(56-27-11-2-12-28-56)45-51-41-49-43-53(47-65(59-33-17-5-18-34-59)60-35-19-6-20-36-60)54(48-66(61-37-21-7-22-38-61)62-39-23-8-24-40-62)44-50(49)42-52(51)46-64(57-29-13-3-14-30-57)58-31-15-4-16-32-58/h41-44,55-62H,1-40,45-48H2. The van der Waals surface area contributed by atoms with Crippen LogP contribution in [0.2, 0.25) is 0 Å². The highest BCUT2D eigenvalue weighted by molar-refractivity contribution is 7.59. The molecule has 0 nitrogen and oxygen atoms in total. The van der Waals surface area contributed by atoms with Crippen molar-refractivity contribution >= 4 is 42.5 Å². The SMILES string of the molecule is c1c(CP(C2CCCCC2)C2CCCCC2)c(CP(C2CCCCC2)C2CCCCC2)cc2cc(CP(C3CCCCC3)C3CCCCC3)c(CP(C3CCCCC3)C3CCCCC3)cc12. The molecule has 0 atom stereocenters. The molecular weight excluding hydrogens is 869 g/mol. The average molecular weight is 969 g/mol. The van der Waals surface area contributed by atoms with E-state index in [4.69, 9.17) is 0 Å². The molecule has 0 aliphatic heterocycles. The van der Waals surface area contributed by atoms with Crippen molar-refractivity contribution < 1.29 is 0 Å². The minimum Gasteiger partial charge on any atom is -0.0958 e. The number of fused-ring (bicyclic) bond motifs is 1. The molecule has 0 N–H and O–H groups in total. The lowest BCUT2D eigenvalue weighted by Gasteiger charge is -2.41. The van der Waals surface area contributed by atoms with Crippen molar-refractivity contribution in [2.75, 3.05) is 0 Å². The summed E-state index contributed by atoms with van der Waals surface area (Å²) in [7, 11) is 0.167. The Balaban J connectivity index is 1.08. The van der Waals surface area contributed by atoms with Gasteiger partial charge in [-0.05, 0) is 206 Å². The van der Waals surface area contributed by atoms with Gasteiger partial charge < -0.3 is 0 Å². The minimum atomic E-state index is 0.0418. The summed E-state index contributed by atoms with van der Waals surface area (Å²) in [5.41, 5.74) is 16.0. The quantitative estimate of drug-likeness (QED) is 0.147. The van der Waals surface area contributed by atoms with Gasteiger partial charge in [-0.3, -0.25) is 0 Å². The maximum Gasteiger partial charge on any atom is -0.00650 e. The summed E-state index contributed by atoms with van der Waals surface area (Å²) in [4.78, 5) is 0. The van der Waals surface area contributed by atoms with E-state index in [1.165, 1.54) is 179 Å². The second-order valence-electron chi connectivity index (χ2n) is 24.6. The molecule has 0 bridgehead atoms. The van der Waals surface area contributed by atoms with Crippen molar-refractivity contribution in [2.45, 2.75) is 327 Å². The first kappa shape index (κ1) is 50.0. The van der Waals surface area contributed by atoms with Crippen molar-refractivity contribution in [2.24, 2.45) is 0 Å². The summed E-state index contributed by atoms with van der Waals surface area (Å²) < 4.78 is 0. The maximum absolute atomic E-state index is 2.99. The van der Waals surface area contributed by atoms with Gasteiger partial charge in [0.2, 0.25) is 0 Å². The van der Waals surface area contributed by atoms with E-state index in [0.717, 1.165) is 45.3 Å². The fourth-order valence-electron chi connectivity index (χ4n) is 16.4. The third kappa shape index (κ3) is 13.1. The second-order valence-corrected chi connectivity index (χ2v) is 35.8. The molecule has 0 aromatic heterocycles. The highest BCUT2D eigenvalue weighted by Crippen LogP contribution is 2.64. The second kappa shape index (κ2) is 25.9. The molecule has 0 saturated heterocycles. The van der Waals surface area contributed by atoms with Crippen molar-refractivity contribution in [1.29, 1.82) is 0 Å². The Labute approximate surface area is 413 Å². The zero-order valence-corrected chi connectivity index (χ0v) is 46.4. The molecule has 0 radical (unpaired) electrons. The lowest BCUT2D eigenvalue weighted by Crippen LogP contribution is -2.23. The fourth-order valence-corrected chi connectivity index (χ4v) is 31.9. The maximum atomic E-state index is 2.99. The van der Waals surface area contributed by atoms with Gasteiger partial charge in [-0.2, -0.15) is 0 Å². The average Bonchev–Trinajstić information content (AvgIpc) is 3.40. The topological polar surface area (TPSA) is 0 Å². The molecule has 0 spiro atoms. The Bertz CT molecular complexity index is 1400. The van der Waals surface area contributed by atoms with Crippen LogP contribution in [-0.2, 0) is 24.6 Å². The van der Waals surface area contributed by atoms with Crippen molar-refractivity contribution in [3.05, 3.63) is 46.5 Å². The Morgan fingerprint density at radius 1 is 0.212 bits per heavy atom. The zero-order chi connectivity index (χ0) is 44.3. The lowest BCUT2D eigenvalue weighted by atomic mass is 9.98. The molecule has 0 unspecified atom stereocenters. The van der Waals surface area contributed by atoms with Crippen LogP contribution in [0.5, 0.6) is 0 Å². The summed E-state index contributed by atoms with van der Waals surface area (Å²) in [5.74, 6) is 0. The first-order valence-electron chi connectivity index (χ1n) is 30.3. The van der Waals surface area contributed by atoms with Crippen molar-refractivity contribution in [1.82, 2.24) is 0 Å². The smallest absolute Gasteiger partial charge is 0.00650 e. The van der Waals surface area contributed by atoms with Gasteiger partial charge in [0.15, 0.2) is 0 Å². The molecule has 8 aliphatic rings. The number of hydrogen-bond acceptors (Lipinski definition) is 0. The Morgan fingerprint density at radius 3 is 0.485 bits per heavy atom. The van der Waals surface area contributed by atoms with E-state index < -0.39 is 0 Å². The molecule has 8 saturated carbocycles.